The lowest BCUT2D eigenvalue weighted by Crippen LogP contribution is -2.38. The molecule has 0 bridgehead atoms. The van der Waals surface area contributed by atoms with Gasteiger partial charge in [0, 0.05) is 24.4 Å². The molecule has 1 aromatic heterocycles. The Balaban J connectivity index is 1.55. The van der Waals surface area contributed by atoms with Crippen molar-refractivity contribution in [3.8, 4) is 0 Å². The zero-order valence-corrected chi connectivity index (χ0v) is 12.9. The smallest absolute Gasteiger partial charge is 0.270 e. The molecular formula is C16H18FN3OS. The summed E-state index contributed by atoms with van der Waals surface area (Å²) < 4.78 is 12.9. The Bertz CT molecular complexity index is 652. The van der Waals surface area contributed by atoms with Crippen LogP contribution in [0.5, 0.6) is 0 Å². The second-order valence-corrected chi connectivity index (χ2v) is 6.58. The predicted octanol–water partition coefficient (Wildman–Crippen LogP) is 2.34. The molecule has 3 rings (SSSR count). The average molecular weight is 319 g/mol. The molecule has 1 saturated carbocycles. The van der Waals surface area contributed by atoms with Crippen molar-refractivity contribution in [2.24, 2.45) is 11.7 Å². The third kappa shape index (κ3) is 3.90. The van der Waals surface area contributed by atoms with Crippen LogP contribution in [-0.4, -0.2) is 23.5 Å². The summed E-state index contributed by atoms with van der Waals surface area (Å²) in [5, 5.41) is 5.42. The molecule has 0 saturated heterocycles. The van der Waals surface area contributed by atoms with E-state index in [1.165, 1.54) is 23.5 Å². The van der Waals surface area contributed by atoms with Gasteiger partial charge in [0.15, 0.2) is 0 Å². The Hall–Kier alpha value is -1.79. The van der Waals surface area contributed by atoms with E-state index in [1.54, 1.807) is 17.5 Å². The van der Waals surface area contributed by atoms with Gasteiger partial charge in [0.05, 0.1) is 5.01 Å². The molecule has 22 heavy (non-hydrogen) atoms. The van der Waals surface area contributed by atoms with E-state index in [4.69, 9.17) is 5.73 Å². The number of benzene rings is 1. The number of carbonyl (C=O) groups excluding carboxylic acids is 1. The fourth-order valence-corrected chi connectivity index (χ4v) is 3.07. The minimum atomic E-state index is -0.255. The van der Waals surface area contributed by atoms with Gasteiger partial charge in [-0.2, -0.15) is 0 Å². The van der Waals surface area contributed by atoms with Crippen LogP contribution in [0.3, 0.4) is 0 Å². The molecule has 1 atom stereocenters. The number of halogens is 1. The van der Waals surface area contributed by atoms with Crippen molar-refractivity contribution in [2.75, 3.05) is 6.54 Å². The van der Waals surface area contributed by atoms with Gasteiger partial charge < -0.3 is 11.1 Å². The molecule has 3 N–H and O–H groups in total. The largest absolute Gasteiger partial charge is 0.349 e. The van der Waals surface area contributed by atoms with Crippen LogP contribution in [0.2, 0.25) is 0 Å². The van der Waals surface area contributed by atoms with Gasteiger partial charge in [-0.05, 0) is 36.5 Å². The van der Waals surface area contributed by atoms with Crippen molar-refractivity contribution < 1.29 is 9.18 Å². The van der Waals surface area contributed by atoms with Crippen LogP contribution < -0.4 is 11.1 Å². The third-order valence-electron chi connectivity index (χ3n) is 3.78. The summed E-state index contributed by atoms with van der Waals surface area (Å²) in [5.41, 5.74) is 7.35. The monoisotopic (exact) mass is 319 g/mol. The Morgan fingerprint density at radius 3 is 2.82 bits per heavy atom. The number of aromatic nitrogens is 1. The molecule has 1 unspecified atom stereocenters. The van der Waals surface area contributed by atoms with Gasteiger partial charge in [0.1, 0.15) is 11.5 Å². The van der Waals surface area contributed by atoms with Crippen molar-refractivity contribution in [1.29, 1.82) is 0 Å². The fourth-order valence-electron chi connectivity index (χ4n) is 2.27. The van der Waals surface area contributed by atoms with Crippen LogP contribution in [0.1, 0.15) is 33.9 Å². The molecule has 6 heteroatoms. The van der Waals surface area contributed by atoms with Gasteiger partial charge in [-0.3, -0.25) is 4.79 Å². The van der Waals surface area contributed by atoms with Crippen LogP contribution in [0, 0.1) is 11.7 Å². The van der Waals surface area contributed by atoms with Gasteiger partial charge in [0.25, 0.3) is 5.91 Å². The summed E-state index contributed by atoms with van der Waals surface area (Å²) in [6.45, 7) is 0.494. The standard InChI is InChI=1S/C16H18FN3OS/c17-12-5-1-10(2-6-12)7-15-20-14(9-22-15)16(21)19-8-13(18)11-3-4-11/h1-2,5-6,9,11,13H,3-4,7-8,18H2,(H,19,21). The van der Waals surface area contributed by atoms with E-state index in [9.17, 15) is 9.18 Å². The summed E-state index contributed by atoms with van der Waals surface area (Å²) in [6.07, 6.45) is 2.92. The van der Waals surface area contributed by atoms with Gasteiger partial charge in [-0.25, -0.2) is 9.37 Å². The van der Waals surface area contributed by atoms with Crippen LogP contribution in [0.25, 0.3) is 0 Å². The minimum absolute atomic E-state index is 0.0428. The summed E-state index contributed by atoms with van der Waals surface area (Å²) in [7, 11) is 0. The van der Waals surface area contributed by atoms with Crippen molar-refractivity contribution >= 4 is 17.2 Å². The maximum atomic E-state index is 12.9. The number of nitrogens with zero attached hydrogens (tertiary/aromatic N) is 1. The summed E-state index contributed by atoms with van der Waals surface area (Å²) in [5.74, 6) is 0.123. The van der Waals surface area contributed by atoms with Crippen LogP contribution >= 0.6 is 11.3 Å². The number of thiazole rings is 1. The van der Waals surface area contributed by atoms with Gasteiger partial charge >= 0.3 is 0 Å². The van der Waals surface area contributed by atoms with Crippen LogP contribution in [0.4, 0.5) is 4.39 Å². The normalized spacial score (nSPS) is 15.5. The SMILES string of the molecule is NC(CNC(=O)c1csc(Cc2ccc(F)cc2)n1)C1CC1. The van der Waals surface area contributed by atoms with Gasteiger partial charge in [0.2, 0.25) is 0 Å². The van der Waals surface area contributed by atoms with Crippen LogP contribution in [-0.2, 0) is 6.42 Å². The zero-order valence-electron chi connectivity index (χ0n) is 12.1. The van der Waals surface area contributed by atoms with E-state index < -0.39 is 0 Å². The minimum Gasteiger partial charge on any atom is -0.349 e. The molecule has 0 aliphatic heterocycles. The molecule has 1 aliphatic rings. The van der Waals surface area contributed by atoms with Gasteiger partial charge in [-0.1, -0.05) is 12.1 Å². The van der Waals surface area contributed by atoms with E-state index in [-0.39, 0.29) is 17.8 Å². The molecule has 1 aliphatic carbocycles. The number of hydrogen-bond donors (Lipinski definition) is 2. The maximum Gasteiger partial charge on any atom is 0.270 e. The first kappa shape index (κ1) is 15.1. The first-order valence-electron chi connectivity index (χ1n) is 7.34. The van der Waals surface area contributed by atoms with E-state index in [0.29, 0.717) is 24.6 Å². The van der Waals surface area contributed by atoms with Crippen LogP contribution in [0.15, 0.2) is 29.6 Å². The lowest BCUT2D eigenvalue weighted by Gasteiger charge is -2.10. The molecule has 116 valence electrons. The zero-order chi connectivity index (χ0) is 15.5. The third-order valence-corrected chi connectivity index (χ3v) is 4.63. The fraction of sp³-hybridized carbons (Fsp3) is 0.375. The molecule has 1 aromatic carbocycles. The quantitative estimate of drug-likeness (QED) is 0.859. The highest BCUT2D eigenvalue weighted by molar-refractivity contribution is 7.09. The molecule has 2 aromatic rings. The molecule has 0 radical (unpaired) electrons. The number of nitrogens with one attached hydrogen (secondary N) is 1. The Labute approximate surface area is 132 Å². The lowest BCUT2D eigenvalue weighted by molar-refractivity contribution is 0.0946. The number of nitrogens with two attached hydrogens (primary N) is 1. The molecule has 0 spiro atoms. The second kappa shape index (κ2) is 6.54. The Kier molecular flexibility index (Phi) is 4.49. The summed E-state index contributed by atoms with van der Waals surface area (Å²) >= 11 is 1.43. The highest BCUT2D eigenvalue weighted by Crippen LogP contribution is 2.31. The average Bonchev–Trinajstić information content (AvgIpc) is 3.27. The number of rotatable bonds is 6. The van der Waals surface area contributed by atoms with Gasteiger partial charge in [-0.15, -0.1) is 11.3 Å². The van der Waals surface area contributed by atoms with Crippen molar-refractivity contribution in [3.05, 3.63) is 51.7 Å². The number of carbonyl (C=O) groups is 1. The predicted molar refractivity (Wildman–Crippen MR) is 84.4 cm³/mol. The molecule has 1 fully saturated rings. The lowest BCUT2D eigenvalue weighted by atomic mass is 10.1. The number of amides is 1. The van der Waals surface area contributed by atoms with E-state index in [0.717, 1.165) is 23.4 Å². The Morgan fingerprint density at radius 1 is 1.41 bits per heavy atom. The highest BCUT2D eigenvalue weighted by atomic mass is 32.1. The summed E-state index contributed by atoms with van der Waals surface area (Å²) in [6, 6.07) is 6.35. The van der Waals surface area contributed by atoms with Crippen molar-refractivity contribution in [2.45, 2.75) is 25.3 Å². The first-order chi connectivity index (χ1) is 10.6. The van der Waals surface area contributed by atoms with E-state index in [1.807, 2.05) is 0 Å². The summed E-state index contributed by atoms with van der Waals surface area (Å²) in [4.78, 5) is 16.4. The van der Waals surface area contributed by atoms with Crippen molar-refractivity contribution in [1.82, 2.24) is 10.3 Å². The molecule has 4 nitrogen and oxygen atoms in total. The maximum absolute atomic E-state index is 12.9. The van der Waals surface area contributed by atoms with E-state index >= 15 is 0 Å². The first-order valence-corrected chi connectivity index (χ1v) is 8.22. The molecular weight excluding hydrogens is 301 g/mol. The molecule has 1 amide bonds. The van der Waals surface area contributed by atoms with E-state index in [2.05, 4.69) is 10.3 Å². The van der Waals surface area contributed by atoms with Crippen molar-refractivity contribution in [3.63, 3.8) is 0 Å². The Morgan fingerprint density at radius 2 is 2.14 bits per heavy atom. The topological polar surface area (TPSA) is 68.0 Å². The highest BCUT2D eigenvalue weighted by Gasteiger charge is 2.28. The molecule has 1 heterocycles. The number of hydrogen-bond acceptors (Lipinski definition) is 4. The second-order valence-electron chi connectivity index (χ2n) is 5.64.